The molecular weight excluding hydrogens is 532 g/mol. The Hall–Kier alpha value is -5.32. The van der Waals surface area contributed by atoms with E-state index in [9.17, 15) is 23.6 Å². The molecule has 0 saturated heterocycles. The van der Waals surface area contributed by atoms with E-state index in [1.54, 1.807) is 48.0 Å². The van der Waals surface area contributed by atoms with Crippen LogP contribution in [0.1, 0.15) is 28.9 Å². The molecule has 206 valence electrons. The topological polar surface area (TPSA) is 112 Å². The SMILES string of the molecule is Cc1ccc(C(=O)Nc2ccc(Oc3ccc4nc(NC(=O)C5CC5)cn4c3)c(F)c2)[n+]([O-])c1-c1cccc(F)c1. The molecule has 2 aromatic carbocycles. The lowest BCUT2D eigenvalue weighted by Gasteiger charge is -2.13. The lowest BCUT2D eigenvalue weighted by Crippen LogP contribution is -2.39. The van der Waals surface area contributed by atoms with Crippen LogP contribution in [0.5, 0.6) is 11.5 Å². The highest BCUT2D eigenvalue weighted by Gasteiger charge is 2.30. The van der Waals surface area contributed by atoms with Gasteiger partial charge in [0.25, 0.3) is 5.69 Å². The fourth-order valence-corrected chi connectivity index (χ4v) is 4.43. The van der Waals surface area contributed by atoms with Crippen LogP contribution in [0.15, 0.2) is 79.1 Å². The van der Waals surface area contributed by atoms with Crippen molar-refractivity contribution in [3.63, 3.8) is 0 Å². The number of imidazole rings is 1. The van der Waals surface area contributed by atoms with Gasteiger partial charge in [0.05, 0.1) is 18.0 Å². The number of pyridine rings is 2. The first-order valence-electron chi connectivity index (χ1n) is 12.8. The monoisotopic (exact) mass is 555 g/mol. The highest BCUT2D eigenvalue weighted by molar-refractivity contribution is 6.02. The molecule has 3 aromatic heterocycles. The number of nitrogens with zero attached hydrogens (tertiary/aromatic N) is 3. The van der Waals surface area contributed by atoms with Crippen LogP contribution in [0.25, 0.3) is 16.9 Å². The van der Waals surface area contributed by atoms with E-state index in [4.69, 9.17) is 4.74 Å². The van der Waals surface area contributed by atoms with Gasteiger partial charge in [-0.25, -0.2) is 13.8 Å². The molecule has 11 heteroatoms. The average molecular weight is 556 g/mol. The van der Waals surface area contributed by atoms with Crippen molar-refractivity contribution in [2.45, 2.75) is 19.8 Å². The van der Waals surface area contributed by atoms with E-state index >= 15 is 0 Å². The first-order valence-corrected chi connectivity index (χ1v) is 12.8. The molecule has 0 spiro atoms. The van der Waals surface area contributed by atoms with Gasteiger partial charge in [0.15, 0.2) is 17.4 Å². The number of hydrogen-bond donors (Lipinski definition) is 2. The summed E-state index contributed by atoms with van der Waals surface area (Å²) in [6, 6.07) is 15.6. The van der Waals surface area contributed by atoms with Crippen molar-refractivity contribution in [3.05, 3.63) is 107 Å². The Morgan fingerprint density at radius 3 is 2.61 bits per heavy atom. The van der Waals surface area contributed by atoms with Gasteiger partial charge in [-0.3, -0.25) is 9.59 Å². The molecule has 1 fully saturated rings. The number of rotatable bonds is 7. The van der Waals surface area contributed by atoms with E-state index in [0.717, 1.165) is 18.9 Å². The van der Waals surface area contributed by atoms with Crippen molar-refractivity contribution >= 4 is 29.0 Å². The number of amides is 2. The van der Waals surface area contributed by atoms with Gasteiger partial charge in [-0.15, -0.1) is 0 Å². The molecule has 0 atom stereocenters. The summed E-state index contributed by atoms with van der Waals surface area (Å²) in [7, 11) is 0. The number of ether oxygens (including phenoxy) is 1. The number of halogens is 2. The molecule has 0 unspecified atom stereocenters. The standard InChI is InChI=1S/C30H23F2N5O4/c1-17-5-10-24(37(40)28(17)19-3-2-4-20(31)13-19)30(39)33-21-8-11-25(23(32)14-21)41-22-9-12-27-34-26(16-36(27)15-22)35-29(38)18-6-7-18/h2-5,8-16,18H,6-7H2,1H3,(H,33,39)(H,35,38). The Balaban J connectivity index is 1.17. The Labute approximate surface area is 232 Å². The van der Waals surface area contributed by atoms with Crippen molar-refractivity contribution in [1.29, 1.82) is 0 Å². The van der Waals surface area contributed by atoms with Crippen LogP contribution in [0, 0.1) is 29.7 Å². The number of fused-ring (bicyclic) bond motifs is 1. The predicted molar refractivity (Wildman–Crippen MR) is 147 cm³/mol. The summed E-state index contributed by atoms with van der Waals surface area (Å²) < 4.78 is 36.5. The fourth-order valence-electron chi connectivity index (χ4n) is 4.43. The number of carbonyl (C=O) groups excluding carboxylic acids is 2. The molecule has 3 heterocycles. The first kappa shape index (κ1) is 25.9. The molecule has 0 radical (unpaired) electrons. The van der Waals surface area contributed by atoms with E-state index in [-0.39, 0.29) is 34.6 Å². The fraction of sp³-hybridized carbons (Fsp3) is 0.133. The Kier molecular flexibility index (Phi) is 6.54. The van der Waals surface area contributed by atoms with Crippen molar-refractivity contribution in [2.75, 3.05) is 10.6 Å². The molecule has 0 bridgehead atoms. The molecule has 2 N–H and O–H groups in total. The predicted octanol–water partition coefficient (Wildman–Crippen LogP) is 5.61. The minimum absolute atomic E-state index is 0.0464. The van der Waals surface area contributed by atoms with E-state index in [1.807, 2.05) is 0 Å². The molecule has 5 aromatic rings. The molecule has 1 aliphatic rings. The van der Waals surface area contributed by atoms with Crippen LogP contribution < -0.4 is 20.1 Å². The van der Waals surface area contributed by atoms with Gasteiger partial charge in [-0.2, -0.15) is 4.73 Å². The second-order valence-corrected chi connectivity index (χ2v) is 9.78. The van der Waals surface area contributed by atoms with E-state index < -0.39 is 17.5 Å². The summed E-state index contributed by atoms with van der Waals surface area (Å²) in [5.41, 5.74) is 1.47. The third kappa shape index (κ3) is 5.42. The third-order valence-electron chi connectivity index (χ3n) is 6.66. The third-order valence-corrected chi connectivity index (χ3v) is 6.66. The summed E-state index contributed by atoms with van der Waals surface area (Å²) >= 11 is 0. The Bertz CT molecular complexity index is 1830. The van der Waals surface area contributed by atoms with Gasteiger partial charge >= 0.3 is 5.91 Å². The summed E-state index contributed by atoms with van der Waals surface area (Å²) in [5.74, 6) is -1.38. The zero-order valence-corrected chi connectivity index (χ0v) is 21.7. The van der Waals surface area contributed by atoms with E-state index in [2.05, 4.69) is 15.6 Å². The number of aryl methyl sites for hydroxylation is 1. The maximum Gasteiger partial charge on any atom is 0.321 e. The van der Waals surface area contributed by atoms with Crippen LogP contribution >= 0.6 is 0 Å². The Morgan fingerprint density at radius 2 is 1.85 bits per heavy atom. The first-order chi connectivity index (χ1) is 19.7. The highest BCUT2D eigenvalue weighted by atomic mass is 19.1. The van der Waals surface area contributed by atoms with Gasteiger partial charge < -0.3 is 25.0 Å². The van der Waals surface area contributed by atoms with Crippen LogP contribution in [0.4, 0.5) is 20.3 Å². The van der Waals surface area contributed by atoms with Crippen LogP contribution in [-0.4, -0.2) is 21.2 Å². The summed E-state index contributed by atoms with van der Waals surface area (Å²) in [5, 5.41) is 18.4. The molecule has 0 aliphatic heterocycles. The molecule has 41 heavy (non-hydrogen) atoms. The van der Waals surface area contributed by atoms with Crippen LogP contribution in [-0.2, 0) is 4.79 Å². The van der Waals surface area contributed by atoms with Crippen molar-refractivity contribution in [1.82, 2.24) is 9.38 Å². The normalized spacial score (nSPS) is 12.8. The minimum Gasteiger partial charge on any atom is -0.618 e. The maximum absolute atomic E-state index is 14.9. The maximum atomic E-state index is 14.9. The van der Waals surface area contributed by atoms with Gasteiger partial charge in [-0.05, 0) is 68.3 Å². The molecule has 1 aliphatic carbocycles. The van der Waals surface area contributed by atoms with Crippen molar-refractivity contribution < 1.29 is 27.8 Å². The van der Waals surface area contributed by atoms with Crippen molar-refractivity contribution in [3.8, 4) is 22.8 Å². The summed E-state index contributed by atoms with van der Waals surface area (Å²) in [4.78, 5) is 29.3. The Morgan fingerprint density at radius 1 is 1.02 bits per heavy atom. The van der Waals surface area contributed by atoms with Crippen LogP contribution in [0.2, 0.25) is 0 Å². The summed E-state index contributed by atoms with van der Waals surface area (Å²) in [6.45, 7) is 1.68. The molecule has 1 saturated carbocycles. The van der Waals surface area contributed by atoms with Gasteiger partial charge in [0.1, 0.15) is 17.2 Å². The average Bonchev–Trinajstić information content (AvgIpc) is 3.71. The number of hydrogen-bond acceptors (Lipinski definition) is 5. The number of nitrogens with one attached hydrogen (secondary N) is 2. The number of anilines is 2. The zero-order valence-electron chi connectivity index (χ0n) is 21.7. The van der Waals surface area contributed by atoms with Gasteiger partial charge in [0, 0.05) is 29.3 Å². The lowest BCUT2D eigenvalue weighted by molar-refractivity contribution is -0.596. The van der Waals surface area contributed by atoms with Crippen molar-refractivity contribution in [2.24, 2.45) is 5.92 Å². The number of aromatic nitrogens is 3. The highest BCUT2D eigenvalue weighted by Crippen LogP contribution is 2.31. The molecule has 9 nitrogen and oxygen atoms in total. The smallest absolute Gasteiger partial charge is 0.321 e. The van der Waals surface area contributed by atoms with E-state index in [1.165, 1.54) is 36.4 Å². The number of benzene rings is 2. The summed E-state index contributed by atoms with van der Waals surface area (Å²) in [6.07, 6.45) is 5.01. The lowest BCUT2D eigenvalue weighted by atomic mass is 10.1. The minimum atomic E-state index is -0.763. The quantitative estimate of drug-likeness (QED) is 0.200. The molecule has 6 rings (SSSR count). The second-order valence-electron chi connectivity index (χ2n) is 9.78. The van der Waals surface area contributed by atoms with E-state index in [0.29, 0.717) is 33.1 Å². The van der Waals surface area contributed by atoms with Gasteiger partial charge in [-0.1, -0.05) is 6.07 Å². The van der Waals surface area contributed by atoms with Crippen LogP contribution in [0.3, 0.4) is 0 Å². The molecule has 2 amide bonds. The second kappa shape index (κ2) is 10.3. The number of carbonyl (C=O) groups is 2. The largest absolute Gasteiger partial charge is 0.618 e. The molecular formula is C30H23F2N5O4. The zero-order chi connectivity index (χ0) is 28.7. The van der Waals surface area contributed by atoms with Gasteiger partial charge in [0.2, 0.25) is 11.6 Å².